The number of likely N-dealkylation sites (tertiary alicyclic amines) is 1. The van der Waals surface area contributed by atoms with Crippen molar-refractivity contribution in [1.29, 1.82) is 0 Å². The van der Waals surface area contributed by atoms with Crippen molar-refractivity contribution in [3.8, 4) is 0 Å². The summed E-state index contributed by atoms with van der Waals surface area (Å²) in [6, 6.07) is 9.87. The quantitative estimate of drug-likeness (QED) is 0.905. The second-order valence-electron chi connectivity index (χ2n) is 6.62. The second-order valence-corrected chi connectivity index (χ2v) is 6.62. The van der Waals surface area contributed by atoms with Crippen molar-refractivity contribution in [2.24, 2.45) is 11.1 Å². The Bertz CT molecular complexity index is 450. The number of carbonyl (C=O) groups excluding carboxylic acids is 1. The number of carbonyl (C=O) groups is 1. The third-order valence-corrected chi connectivity index (χ3v) is 5.04. The molecule has 0 saturated carbocycles. The van der Waals surface area contributed by atoms with Gasteiger partial charge in [-0.25, -0.2) is 0 Å². The number of aryl methyl sites for hydroxylation is 1. The van der Waals surface area contributed by atoms with E-state index in [1.807, 2.05) is 23.1 Å². The van der Waals surface area contributed by atoms with Crippen molar-refractivity contribution in [2.75, 3.05) is 13.1 Å². The van der Waals surface area contributed by atoms with Gasteiger partial charge in [-0.1, -0.05) is 50.6 Å². The Kier molecular flexibility index (Phi) is 5.40. The lowest BCUT2D eigenvalue weighted by molar-refractivity contribution is -0.135. The SMILES string of the molecule is CCC1(C)CCN(C(=O)[C@@H](N)CCc2ccccc2)CC1. The number of nitrogens with two attached hydrogens (primary N) is 1. The summed E-state index contributed by atoms with van der Waals surface area (Å²) < 4.78 is 0. The van der Waals surface area contributed by atoms with Gasteiger partial charge in [0.2, 0.25) is 5.91 Å². The van der Waals surface area contributed by atoms with Crippen LogP contribution in [0.4, 0.5) is 0 Å². The molecule has 0 aromatic heterocycles. The van der Waals surface area contributed by atoms with E-state index in [4.69, 9.17) is 5.73 Å². The first-order valence-electron chi connectivity index (χ1n) is 8.12. The zero-order chi connectivity index (χ0) is 15.3. The van der Waals surface area contributed by atoms with Crippen molar-refractivity contribution in [2.45, 2.75) is 52.0 Å². The summed E-state index contributed by atoms with van der Waals surface area (Å²) in [6.45, 7) is 6.29. The van der Waals surface area contributed by atoms with E-state index in [-0.39, 0.29) is 11.9 Å². The standard InChI is InChI=1S/C18H28N2O/c1-3-18(2)11-13-20(14-12-18)17(21)16(19)10-9-15-7-5-4-6-8-15/h4-8,16H,3,9-14,19H2,1-2H3/t16-/m0/s1. The number of hydrogen-bond acceptors (Lipinski definition) is 2. The summed E-state index contributed by atoms with van der Waals surface area (Å²) in [5.74, 6) is 0.129. The van der Waals surface area contributed by atoms with Gasteiger partial charge in [-0.15, -0.1) is 0 Å². The van der Waals surface area contributed by atoms with E-state index in [1.165, 1.54) is 12.0 Å². The van der Waals surface area contributed by atoms with Gasteiger partial charge in [-0.3, -0.25) is 4.79 Å². The van der Waals surface area contributed by atoms with Crippen LogP contribution in [0.3, 0.4) is 0 Å². The van der Waals surface area contributed by atoms with Crippen molar-refractivity contribution < 1.29 is 4.79 Å². The van der Waals surface area contributed by atoms with Crippen LogP contribution in [-0.4, -0.2) is 29.9 Å². The Morgan fingerprint density at radius 2 is 1.90 bits per heavy atom. The molecular weight excluding hydrogens is 260 g/mol. The summed E-state index contributed by atoms with van der Waals surface area (Å²) in [5, 5.41) is 0. The summed E-state index contributed by atoms with van der Waals surface area (Å²) >= 11 is 0. The highest BCUT2D eigenvalue weighted by atomic mass is 16.2. The average molecular weight is 288 g/mol. The minimum atomic E-state index is -0.365. The number of hydrogen-bond donors (Lipinski definition) is 1. The molecule has 1 fully saturated rings. The van der Waals surface area contributed by atoms with Crippen LogP contribution in [0.2, 0.25) is 0 Å². The fraction of sp³-hybridized carbons (Fsp3) is 0.611. The van der Waals surface area contributed by atoms with E-state index in [1.54, 1.807) is 0 Å². The summed E-state index contributed by atoms with van der Waals surface area (Å²) in [6.07, 6.45) is 4.98. The van der Waals surface area contributed by atoms with Crippen LogP contribution in [0.25, 0.3) is 0 Å². The highest BCUT2D eigenvalue weighted by Crippen LogP contribution is 2.34. The highest BCUT2D eigenvalue weighted by Gasteiger charge is 2.31. The lowest BCUT2D eigenvalue weighted by Gasteiger charge is -2.39. The number of amides is 1. The highest BCUT2D eigenvalue weighted by molar-refractivity contribution is 5.81. The van der Waals surface area contributed by atoms with Crippen molar-refractivity contribution in [1.82, 2.24) is 4.90 Å². The van der Waals surface area contributed by atoms with Crippen LogP contribution in [0.15, 0.2) is 30.3 Å². The molecule has 0 unspecified atom stereocenters. The van der Waals surface area contributed by atoms with Gasteiger partial charge in [0.1, 0.15) is 0 Å². The Morgan fingerprint density at radius 3 is 2.48 bits per heavy atom. The maximum atomic E-state index is 12.4. The van der Waals surface area contributed by atoms with Crippen molar-refractivity contribution in [3.05, 3.63) is 35.9 Å². The van der Waals surface area contributed by atoms with Gasteiger partial charge in [-0.05, 0) is 36.7 Å². The molecule has 1 aromatic rings. The van der Waals surface area contributed by atoms with E-state index in [9.17, 15) is 4.79 Å². The van der Waals surface area contributed by atoms with Crippen LogP contribution < -0.4 is 5.73 Å². The molecule has 21 heavy (non-hydrogen) atoms. The summed E-state index contributed by atoms with van der Waals surface area (Å²) in [7, 11) is 0. The molecule has 1 saturated heterocycles. The molecule has 1 aliphatic rings. The number of benzene rings is 1. The van der Waals surface area contributed by atoms with E-state index in [0.717, 1.165) is 38.8 Å². The number of rotatable bonds is 5. The molecule has 1 amide bonds. The molecule has 2 rings (SSSR count). The Balaban J connectivity index is 1.80. The maximum Gasteiger partial charge on any atom is 0.239 e. The van der Waals surface area contributed by atoms with Crippen molar-refractivity contribution in [3.63, 3.8) is 0 Å². The molecule has 116 valence electrons. The predicted molar refractivity (Wildman–Crippen MR) is 87.0 cm³/mol. The molecule has 3 nitrogen and oxygen atoms in total. The van der Waals surface area contributed by atoms with Gasteiger partial charge in [-0.2, -0.15) is 0 Å². The molecule has 0 aliphatic carbocycles. The largest absolute Gasteiger partial charge is 0.341 e. The number of nitrogens with zero attached hydrogens (tertiary/aromatic N) is 1. The van der Waals surface area contributed by atoms with Gasteiger partial charge < -0.3 is 10.6 Å². The van der Waals surface area contributed by atoms with Gasteiger partial charge in [0.15, 0.2) is 0 Å². The lowest BCUT2D eigenvalue weighted by atomic mass is 9.78. The van der Waals surface area contributed by atoms with E-state index >= 15 is 0 Å². The third kappa shape index (κ3) is 4.31. The first kappa shape index (κ1) is 16.0. The van der Waals surface area contributed by atoms with Crippen LogP contribution in [0.1, 0.15) is 45.1 Å². The molecule has 2 N–H and O–H groups in total. The molecule has 0 radical (unpaired) electrons. The number of piperidine rings is 1. The van der Waals surface area contributed by atoms with Gasteiger partial charge in [0, 0.05) is 13.1 Å². The van der Waals surface area contributed by atoms with Crippen LogP contribution >= 0.6 is 0 Å². The molecular formula is C18H28N2O. The zero-order valence-corrected chi connectivity index (χ0v) is 13.3. The Hall–Kier alpha value is -1.35. The van der Waals surface area contributed by atoms with Gasteiger partial charge in [0.25, 0.3) is 0 Å². The van der Waals surface area contributed by atoms with Crippen LogP contribution in [0.5, 0.6) is 0 Å². The zero-order valence-electron chi connectivity index (χ0n) is 13.3. The molecule has 1 heterocycles. The third-order valence-electron chi connectivity index (χ3n) is 5.04. The first-order chi connectivity index (χ1) is 10.0. The van der Waals surface area contributed by atoms with E-state index in [0.29, 0.717) is 5.41 Å². The summed E-state index contributed by atoms with van der Waals surface area (Å²) in [4.78, 5) is 14.4. The molecule has 1 atom stereocenters. The fourth-order valence-electron chi connectivity index (χ4n) is 2.95. The molecule has 3 heteroatoms. The predicted octanol–water partition coefficient (Wildman–Crippen LogP) is 2.99. The molecule has 0 bridgehead atoms. The topological polar surface area (TPSA) is 46.3 Å². The maximum absolute atomic E-state index is 12.4. The van der Waals surface area contributed by atoms with Crippen LogP contribution in [-0.2, 0) is 11.2 Å². The minimum Gasteiger partial charge on any atom is -0.341 e. The minimum absolute atomic E-state index is 0.129. The smallest absolute Gasteiger partial charge is 0.239 e. The molecule has 0 spiro atoms. The fourth-order valence-corrected chi connectivity index (χ4v) is 2.95. The van der Waals surface area contributed by atoms with Gasteiger partial charge >= 0.3 is 0 Å². The van der Waals surface area contributed by atoms with E-state index in [2.05, 4.69) is 26.0 Å². The lowest BCUT2D eigenvalue weighted by Crippen LogP contribution is -2.49. The Morgan fingerprint density at radius 1 is 1.29 bits per heavy atom. The average Bonchev–Trinajstić information content (AvgIpc) is 2.53. The first-order valence-corrected chi connectivity index (χ1v) is 8.12. The second kappa shape index (κ2) is 7.08. The Labute approximate surface area is 128 Å². The molecule has 1 aliphatic heterocycles. The van der Waals surface area contributed by atoms with Crippen LogP contribution in [0, 0.1) is 5.41 Å². The summed E-state index contributed by atoms with van der Waals surface area (Å²) in [5.41, 5.74) is 7.76. The monoisotopic (exact) mass is 288 g/mol. The van der Waals surface area contributed by atoms with E-state index < -0.39 is 0 Å². The van der Waals surface area contributed by atoms with Crippen molar-refractivity contribution >= 4 is 5.91 Å². The molecule has 1 aromatic carbocycles. The van der Waals surface area contributed by atoms with Gasteiger partial charge in [0.05, 0.1) is 6.04 Å². The normalized spacial score (nSPS) is 19.3.